The minimum absolute atomic E-state index is 0.179. The largest absolute Gasteiger partial charge is 0.382 e. The van der Waals surface area contributed by atoms with Crippen molar-refractivity contribution in [3.63, 3.8) is 0 Å². The Morgan fingerprint density at radius 1 is 1.31 bits per heavy atom. The molecule has 0 radical (unpaired) electrons. The average molecular weight is 222 g/mol. The maximum atomic E-state index is 12.8. The van der Waals surface area contributed by atoms with Gasteiger partial charge in [-0.15, -0.1) is 0 Å². The predicted molar refractivity (Wildman–Crippen MR) is 65.1 cm³/mol. The summed E-state index contributed by atoms with van der Waals surface area (Å²) in [5.74, 6) is 0.450. The summed E-state index contributed by atoms with van der Waals surface area (Å²) in [6.07, 6.45) is 1.15. The Balaban J connectivity index is 1.96. The van der Waals surface area contributed by atoms with Crippen molar-refractivity contribution in [2.24, 2.45) is 5.92 Å². The molecule has 0 aromatic heterocycles. The summed E-state index contributed by atoms with van der Waals surface area (Å²) in [5, 5.41) is 3.49. The lowest BCUT2D eigenvalue weighted by Gasteiger charge is -2.35. The molecule has 16 heavy (non-hydrogen) atoms. The molecular formula is C13H19FN2. The van der Waals surface area contributed by atoms with Crippen LogP contribution < -0.4 is 5.32 Å². The van der Waals surface area contributed by atoms with Crippen LogP contribution in [0.5, 0.6) is 0 Å². The average Bonchev–Trinajstić information content (AvgIpc) is 2.25. The lowest BCUT2D eigenvalue weighted by Crippen LogP contribution is -2.43. The molecule has 2 atom stereocenters. The molecule has 1 aliphatic heterocycles. The molecule has 1 N–H and O–H groups in total. The van der Waals surface area contributed by atoms with Gasteiger partial charge in [0, 0.05) is 18.3 Å². The summed E-state index contributed by atoms with van der Waals surface area (Å²) in [6, 6.07) is 7.12. The summed E-state index contributed by atoms with van der Waals surface area (Å²) >= 11 is 0. The maximum Gasteiger partial charge on any atom is 0.123 e. The van der Waals surface area contributed by atoms with Crippen LogP contribution >= 0.6 is 0 Å². The molecule has 1 heterocycles. The molecule has 1 saturated heterocycles. The Kier molecular flexibility index (Phi) is 3.44. The molecule has 1 aromatic rings. The van der Waals surface area contributed by atoms with Crippen molar-refractivity contribution < 1.29 is 4.39 Å². The molecule has 0 amide bonds. The fourth-order valence-corrected chi connectivity index (χ4v) is 2.33. The number of nitrogens with one attached hydrogen (secondary N) is 1. The summed E-state index contributed by atoms with van der Waals surface area (Å²) in [5.41, 5.74) is 1.02. The van der Waals surface area contributed by atoms with E-state index in [-0.39, 0.29) is 5.82 Å². The normalized spacial score (nSPS) is 26.7. The summed E-state index contributed by atoms with van der Waals surface area (Å²) in [6.45, 7) is 4.51. The van der Waals surface area contributed by atoms with Crippen molar-refractivity contribution in [1.29, 1.82) is 0 Å². The highest BCUT2D eigenvalue weighted by Crippen LogP contribution is 2.20. The van der Waals surface area contributed by atoms with E-state index in [2.05, 4.69) is 24.2 Å². The maximum absolute atomic E-state index is 12.8. The monoisotopic (exact) mass is 222 g/mol. The van der Waals surface area contributed by atoms with Crippen molar-refractivity contribution in [1.82, 2.24) is 4.90 Å². The number of benzene rings is 1. The molecule has 0 bridgehead atoms. The third-order valence-electron chi connectivity index (χ3n) is 3.30. The Bertz CT molecular complexity index is 336. The first-order chi connectivity index (χ1) is 7.65. The number of anilines is 1. The smallest absolute Gasteiger partial charge is 0.123 e. The zero-order chi connectivity index (χ0) is 11.5. The van der Waals surface area contributed by atoms with Crippen molar-refractivity contribution in [2.45, 2.75) is 19.4 Å². The van der Waals surface area contributed by atoms with Crippen LogP contribution in [0.15, 0.2) is 24.3 Å². The van der Waals surface area contributed by atoms with Gasteiger partial charge >= 0.3 is 0 Å². The third-order valence-corrected chi connectivity index (χ3v) is 3.30. The lowest BCUT2D eigenvalue weighted by molar-refractivity contribution is 0.206. The zero-order valence-electron chi connectivity index (χ0n) is 9.91. The Hall–Kier alpha value is -1.09. The second kappa shape index (κ2) is 4.83. The van der Waals surface area contributed by atoms with Gasteiger partial charge in [0.2, 0.25) is 0 Å². The minimum Gasteiger partial charge on any atom is -0.382 e. The van der Waals surface area contributed by atoms with Crippen LogP contribution in [0.3, 0.4) is 0 Å². The molecule has 88 valence electrons. The van der Waals surface area contributed by atoms with Gasteiger partial charge in [-0.1, -0.05) is 6.92 Å². The predicted octanol–water partition coefficient (Wildman–Crippen LogP) is 2.58. The Morgan fingerprint density at radius 3 is 2.62 bits per heavy atom. The van der Waals surface area contributed by atoms with Crippen molar-refractivity contribution >= 4 is 5.69 Å². The topological polar surface area (TPSA) is 15.3 Å². The van der Waals surface area contributed by atoms with Crippen molar-refractivity contribution in [3.8, 4) is 0 Å². The van der Waals surface area contributed by atoms with Crippen molar-refractivity contribution in [2.75, 3.05) is 25.5 Å². The van der Waals surface area contributed by atoms with Gasteiger partial charge in [0.25, 0.3) is 0 Å². The minimum atomic E-state index is -0.179. The molecule has 1 aliphatic rings. The molecule has 0 saturated carbocycles. The van der Waals surface area contributed by atoms with Gasteiger partial charge in [-0.2, -0.15) is 0 Å². The number of halogens is 1. The fraction of sp³-hybridized carbons (Fsp3) is 0.538. The number of hydrogen-bond acceptors (Lipinski definition) is 2. The molecule has 1 aromatic carbocycles. The number of piperidine rings is 1. The SMILES string of the molecule is CC1CN(C)CCC1Nc1ccc(F)cc1. The Morgan fingerprint density at radius 2 is 2.00 bits per heavy atom. The van der Waals surface area contributed by atoms with Crippen LogP contribution in [0.2, 0.25) is 0 Å². The van der Waals surface area contributed by atoms with E-state index in [0.717, 1.165) is 25.2 Å². The molecule has 2 rings (SSSR count). The molecule has 0 aliphatic carbocycles. The molecule has 2 unspecified atom stereocenters. The van der Waals surface area contributed by atoms with Gasteiger partial charge < -0.3 is 10.2 Å². The van der Waals surface area contributed by atoms with Crippen LogP contribution in [-0.2, 0) is 0 Å². The van der Waals surface area contributed by atoms with Gasteiger partial charge in [-0.3, -0.25) is 0 Å². The van der Waals surface area contributed by atoms with Crippen LogP contribution in [0.25, 0.3) is 0 Å². The second-order valence-corrected chi connectivity index (χ2v) is 4.79. The highest BCUT2D eigenvalue weighted by atomic mass is 19.1. The lowest BCUT2D eigenvalue weighted by atomic mass is 9.94. The first-order valence-corrected chi connectivity index (χ1v) is 5.86. The number of rotatable bonds is 2. The standard InChI is InChI=1S/C13H19FN2/c1-10-9-16(2)8-7-13(10)15-12-5-3-11(14)4-6-12/h3-6,10,13,15H,7-9H2,1-2H3. The van der Waals surface area contributed by atoms with Crippen LogP contribution in [0.1, 0.15) is 13.3 Å². The Labute approximate surface area is 96.5 Å². The van der Waals surface area contributed by atoms with Gasteiger partial charge in [0.1, 0.15) is 5.82 Å². The van der Waals surface area contributed by atoms with Gasteiger partial charge in [0.05, 0.1) is 0 Å². The van der Waals surface area contributed by atoms with E-state index >= 15 is 0 Å². The van der Waals surface area contributed by atoms with Crippen LogP contribution in [0, 0.1) is 11.7 Å². The van der Waals surface area contributed by atoms with E-state index in [1.54, 1.807) is 12.1 Å². The first-order valence-electron chi connectivity index (χ1n) is 5.86. The van der Waals surface area contributed by atoms with E-state index in [4.69, 9.17) is 0 Å². The van der Waals surface area contributed by atoms with E-state index in [1.807, 2.05) is 0 Å². The molecule has 0 spiro atoms. The number of hydrogen-bond donors (Lipinski definition) is 1. The van der Waals surface area contributed by atoms with Gasteiger partial charge in [0.15, 0.2) is 0 Å². The zero-order valence-corrected chi connectivity index (χ0v) is 9.91. The summed E-state index contributed by atoms with van der Waals surface area (Å²) in [7, 11) is 2.16. The highest BCUT2D eigenvalue weighted by molar-refractivity contribution is 5.44. The summed E-state index contributed by atoms with van der Waals surface area (Å²) < 4.78 is 12.8. The van der Waals surface area contributed by atoms with Crippen LogP contribution in [0.4, 0.5) is 10.1 Å². The molecule has 2 nitrogen and oxygen atoms in total. The second-order valence-electron chi connectivity index (χ2n) is 4.79. The van der Waals surface area contributed by atoms with Crippen LogP contribution in [-0.4, -0.2) is 31.1 Å². The number of nitrogens with zero attached hydrogens (tertiary/aromatic N) is 1. The molecule has 1 fully saturated rings. The van der Waals surface area contributed by atoms with E-state index in [0.29, 0.717) is 12.0 Å². The quantitative estimate of drug-likeness (QED) is 0.827. The highest BCUT2D eigenvalue weighted by Gasteiger charge is 2.23. The van der Waals surface area contributed by atoms with Gasteiger partial charge in [-0.25, -0.2) is 4.39 Å². The van der Waals surface area contributed by atoms with E-state index in [1.165, 1.54) is 12.1 Å². The van der Waals surface area contributed by atoms with Crippen molar-refractivity contribution in [3.05, 3.63) is 30.1 Å². The molecular weight excluding hydrogens is 203 g/mol. The van der Waals surface area contributed by atoms with E-state index < -0.39 is 0 Å². The fourth-order valence-electron chi connectivity index (χ4n) is 2.33. The van der Waals surface area contributed by atoms with E-state index in [9.17, 15) is 4.39 Å². The number of likely N-dealkylation sites (tertiary alicyclic amines) is 1. The molecule has 3 heteroatoms. The summed E-state index contributed by atoms with van der Waals surface area (Å²) in [4.78, 5) is 2.35. The first kappa shape index (κ1) is 11.4. The van der Waals surface area contributed by atoms with Gasteiger partial charge in [-0.05, 0) is 50.2 Å². The third kappa shape index (κ3) is 2.73.